The van der Waals surface area contributed by atoms with E-state index in [0.717, 1.165) is 32.6 Å². The second-order valence-corrected chi connectivity index (χ2v) is 12.7. The van der Waals surface area contributed by atoms with Gasteiger partial charge in [-0.3, -0.25) is 19.3 Å². The minimum atomic E-state index is -2.87. The molecule has 0 spiro atoms. The Bertz CT molecular complexity index is 1130. The lowest BCUT2D eigenvalue weighted by atomic mass is 9.77. The number of methoxy groups -OCH3 is 1. The van der Waals surface area contributed by atoms with Gasteiger partial charge in [0.2, 0.25) is 23.5 Å². The average molecular weight is 634 g/mol. The lowest BCUT2D eigenvalue weighted by Crippen LogP contribution is -2.67. The van der Waals surface area contributed by atoms with E-state index in [1.54, 1.807) is 24.3 Å². The molecule has 1 aliphatic carbocycles. The molecule has 2 aliphatic rings. The summed E-state index contributed by atoms with van der Waals surface area (Å²) in [4.78, 5) is 41.7. The Labute approximate surface area is 265 Å². The van der Waals surface area contributed by atoms with E-state index in [-0.39, 0.29) is 31.2 Å². The number of nitrogens with one attached hydrogen (secondary N) is 4. The maximum Gasteiger partial charge on any atom is 0.243 e. The van der Waals surface area contributed by atoms with Crippen molar-refractivity contribution in [3.05, 3.63) is 29.8 Å². The zero-order valence-electron chi connectivity index (χ0n) is 26.9. The number of carbonyl (C=O) groups excluding carboxylic acids is 3. The smallest absolute Gasteiger partial charge is 0.243 e. The second kappa shape index (κ2) is 16.5. The molecule has 252 valence electrons. The van der Waals surface area contributed by atoms with Crippen molar-refractivity contribution in [3.8, 4) is 5.75 Å². The molecule has 2 fully saturated rings. The number of morpholine rings is 1. The molecule has 3 amide bonds. The number of nitrogens with zero attached hydrogens (tertiary/aromatic N) is 1. The molecule has 0 radical (unpaired) electrons. The number of hydrogen-bond acceptors (Lipinski definition) is 10. The largest absolute Gasteiger partial charge is 0.497 e. The van der Waals surface area contributed by atoms with Gasteiger partial charge in [-0.1, -0.05) is 44.7 Å². The van der Waals surface area contributed by atoms with Gasteiger partial charge in [0.05, 0.1) is 32.9 Å². The van der Waals surface area contributed by atoms with Crippen molar-refractivity contribution in [1.29, 1.82) is 5.41 Å². The predicted octanol–water partition coefficient (Wildman–Crippen LogP) is 0.342. The molecule has 4 atom stereocenters. The van der Waals surface area contributed by atoms with Crippen LogP contribution >= 0.6 is 0 Å². The van der Waals surface area contributed by atoms with Crippen LogP contribution < -0.4 is 20.7 Å². The molecule has 1 saturated carbocycles. The summed E-state index contributed by atoms with van der Waals surface area (Å²) in [7, 11) is 1.53. The van der Waals surface area contributed by atoms with Crippen LogP contribution in [0.25, 0.3) is 0 Å². The molecule has 13 nitrogen and oxygen atoms in total. The van der Waals surface area contributed by atoms with Gasteiger partial charge in [0.25, 0.3) is 0 Å². The topological polar surface area (TPSA) is 194 Å². The Hall–Kier alpha value is -3.10. The van der Waals surface area contributed by atoms with Gasteiger partial charge >= 0.3 is 0 Å². The van der Waals surface area contributed by atoms with Crippen molar-refractivity contribution in [3.63, 3.8) is 0 Å². The first-order chi connectivity index (χ1) is 21.2. The van der Waals surface area contributed by atoms with Gasteiger partial charge in [-0.2, -0.15) is 0 Å². The highest BCUT2D eigenvalue weighted by Gasteiger charge is 2.51. The van der Waals surface area contributed by atoms with E-state index in [1.165, 1.54) is 14.0 Å². The molecular weight excluding hydrogens is 582 g/mol. The second-order valence-electron chi connectivity index (χ2n) is 12.7. The summed E-state index contributed by atoms with van der Waals surface area (Å²) < 4.78 is 10.5. The van der Waals surface area contributed by atoms with Gasteiger partial charge in [-0.25, -0.2) is 0 Å². The van der Waals surface area contributed by atoms with Crippen LogP contribution in [0.3, 0.4) is 0 Å². The SMILES string of the molecule is COc1ccc(C[C@H](NC(=O)[C@H](C)NC(=O)CN2CCOCC2)C(=O)N[C@@H](CC2CCC(C)CC2)C(O)(O)[C@](C)(O)C=N)cc1. The summed E-state index contributed by atoms with van der Waals surface area (Å²) in [6.07, 6.45) is 4.31. The molecule has 0 bridgehead atoms. The van der Waals surface area contributed by atoms with E-state index in [0.29, 0.717) is 49.7 Å². The summed E-state index contributed by atoms with van der Waals surface area (Å²) in [6, 6.07) is 3.48. The van der Waals surface area contributed by atoms with Gasteiger partial charge in [0, 0.05) is 25.7 Å². The molecule has 45 heavy (non-hydrogen) atoms. The van der Waals surface area contributed by atoms with Crippen LogP contribution in [0.15, 0.2) is 24.3 Å². The molecule has 3 rings (SSSR count). The van der Waals surface area contributed by atoms with Crippen LogP contribution in [0.2, 0.25) is 0 Å². The number of ether oxygens (including phenoxy) is 2. The summed E-state index contributed by atoms with van der Waals surface area (Å²) in [5.41, 5.74) is -1.66. The number of benzene rings is 1. The van der Waals surface area contributed by atoms with Crippen molar-refractivity contribution >= 4 is 23.9 Å². The van der Waals surface area contributed by atoms with Crippen molar-refractivity contribution < 1.29 is 39.2 Å². The maximum absolute atomic E-state index is 13.9. The Morgan fingerprint density at radius 1 is 1.04 bits per heavy atom. The van der Waals surface area contributed by atoms with E-state index < -0.39 is 41.3 Å². The minimum absolute atomic E-state index is 0.0501. The van der Waals surface area contributed by atoms with Crippen LogP contribution in [-0.4, -0.2) is 114 Å². The summed E-state index contributed by atoms with van der Waals surface area (Å²) in [5, 5.41) is 48.7. The molecule has 1 saturated heterocycles. The normalized spacial score (nSPS) is 22.6. The fourth-order valence-electron chi connectivity index (χ4n) is 5.77. The quantitative estimate of drug-likeness (QED) is 0.105. The first-order valence-corrected chi connectivity index (χ1v) is 15.8. The predicted molar refractivity (Wildman–Crippen MR) is 168 cm³/mol. The molecule has 13 heteroatoms. The Morgan fingerprint density at radius 3 is 2.24 bits per heavy atom. The monoisotopic (exact) mass is 633 g/mol. The number of carbonyl (C=O) groups is 3. The third kappa shape index (κ3) is 10.5. The first-order valence-electron chi connectivity index (χ1n) is 15.8. The Morgan fingerprint density at radius 2 is 1.67 bits per heavy atom. The van der Waals surface area contributed by atoms with E-state index in [2.05, 4.69) is 22.9 Å². The van der Waals surface area contributed by atoms with Crippen molar-refractivity contribution in [2.24, 2.45) is 11.8 Å². The number of rotatable bonds is 15. The highest BCUT2D eigenvalue weighted by molar-refractivity contribution is 5.92. The van der Waals surface area contributed by atoms with Crippen LogP contribution in [0.5, 0.6) is 5.75 Å². The van der Waals surface area contributed by atoms with Crippen LogP contribution in [0.4, 0.5) is 0 Å². The van der Waals surface area contributed by atoms with Gasteiger partial charge in [-0.05, 0) is 49.8 Å². The third-order valence-electron chi connectivity index (χ3n) is 9.01. The van der Waals surface area contributed by atoms with Crippen molar-refractivity contribution in [2.75, 3.05) is 40.0 Å². The first kappa shape index (κ1) is 36.4. The molecular formula is C32H51N5O8. The maximum atomic E-state index is 13.9. The zero-order chi connectivity index (χ0) is 33.2. The zero-order valence-corrected chi connectivity index (χ0v) is 26.9. The van der Waals surface area contributed by atoms with E-state index in [1.807, 2.05) is 4.90 Å². The van der Waals surface area contributed by atoms with Gasteiger partial charge < -0.3 is 46.2 Å². The summed E-state index contributed by atoms with van der Waals surface area (Å²) >= 11 is 0. The van der Waals surface area contributed by atoms with E-state index in [4.69, 9.17) is 14.9 Å². The molecule has 1 heterocycles. The average Bonchev–Trinajstić information content (AvgIpc) is 3.01. The molecule has 1 aliphatic heterocycles. The van der Waals surface area contributed by atoms with Crippen LogP contribution in [0, 0.1) is 17.2 Å². The molecule has 0 unspecified atom stereocenters. The standard InChI is InChI=1S/C32H51N5O8/c1-21-5-7-24(8-6-21)18-27(32(42,43)31(3,41)20-33)36-30(40)26(17-23-9-11-25(44-4)12-10-23)35-29(39)22(2)34-28(38)19-37-13-15-45-16-14-37/h9-12,20-22,24,26-27,33,41-43H,5-8,13-19H2,1-4H3,(H,34,38)(H,35,39)(H,36,40)/t21?,22-,24?,26-,27-,31+/m0/s1. The lowest BCUT2D eigenvalue weighted by molar-refractivity contribution is -0.260. The lowest BCUT2D eigenvalue weighted by Gasteiger charge is -2.42. The molecule has 7 N–H and O–H groups in total. The van der Waals surface area contributed by atoms with E-state index >= 15 is 0 Å². The number of aliphatic hydroxyl groups is 3. The number of hydrogen-bond donors (Lipinski definition) is 7. The van der Waals surface area contributed by atoms with Crippen LogP contribution in [0.1, 0.15) is 58.4 Å². The number of amides is 3. The fourth-order valence-corrected chi connectivity index (χ4v) is 5.77. The van der Waals surface area contributed by atoms with E-state index in [9.17, 15) is 29.7 Å². The van der Waals surface area contributed by atoms with Crippen molar-refractivity contribution in [2.45, 2.75) is 88.8 Å². The highest BCUT2D eigenvalue weighted by Crippen LogP contribution is 2.34. The Kier molecular flexibility index (Phi) is 13.3. The summed E-state index contributed by atoms with van der Waals surface area (Å²) in [6.45, 7) is 7.18. The van der Waals surface area contributed by atoms with Crippen molar-refractivity contribution in [1.82, 2.24) is 20.9 Å². The fraction of sp³-hybridized carbons (Fsp3) is 0.688. The molecule has 0 aromatic heterocycles. The summed E-state index contributed by atoms with van der Waals surface area (Å²) in [5.74, 6) is -3.28. The minimum Gasteiger partial charge on any atom is -0.497 e. The van der Waals surface area contributed by atoms with Gasteiger partial charge in [-0.15, -0.1) is 0 Å². The third-order valence-corrected chi connectivity index (χ3v) is 9.01. The molecule has 1 aromatic carbocycles. The van der Waals surface area contributed by atoms with Crippen LogP contribution in [-0.2, 0) is 25.5 Å². The van der Waals surface area contributed by atoms with Gasteiger partial charge in [0.1, 0.15) is 17.8 Å². The molecule has 1 aromatic rings. The Balaban J connectivity index is 1.79. The highest BCUT2D eigenvalue weighted by atomic mass is 16.5. The van der Waals surface area contributed by atoms with Gasteiger partial charge in [0.15, 0.2) is 5.60 Å².